The van der Waals surface area contributed by atoms with Crippen molar-refractivity contribution in [2.75, 3.05) is 93.8 Å². The molecule has 8 heterocycles. The fourth-order valence-corrected chi connectivity index (χ4v) is 13.7. The van der Waals surface area contributed by atoms with Gasteiger partial charge >= 0.3 is 36.6 Å². The van der Waals surface area contributed by atoms with Crippen molar-refractivity contribution in [3.63, 3.8) is 0 Å². The molecular weight excluding hydrogens is 1650 g/mol. The van der Waals surface area contributed by atoms with Gasteiger partial charge in [-0.2, -0.15) is 52.7 Å². The summed E-state index contributed by atoms with van der Waals surface area (Å²) in [5.41, 5.74) is 13.3. The predicted molar refractivity (Wildman–Crippen MR) is 399 cm³/mol. The first-order valence-electron chi connectivity index (χ1n) is 36.8. The topological polar surface area (TPSA) is 240 Å². The number of fused-ring (bicyclic) bond motifs is 4. The van der Waals surface area contributed by atoms with Crippen LogP contribution < -0.4 is 30.4 Å². The molecule has 4 aliphatic rings. The number of aromatic nitrogens is 4. The van der Waals surface area contributed by atoms with Crippen LogP contribution in [0.1, 0.15) is 111 Å². The third kappa shape index (κ3) is 27.0. The third-order valence-electron chi connectivity index (χ3n) is 18.5. The normalized spacial score (nSPS) is 16.1. The van der Waals surface area contributed by atoms with Gasteiger partial charge in [0.1, 0.15) is 82.3 Å². The van der Waals surface area contributed by atoms with Gasteiger partial charge in [0.15, 0.2) is 11.4 Å². The molecule has 4 N–H and O–H groups in total. The van der Waals surface area contributed by atoms with Gasteiger partial charge < -0.3 is 39.9 Å². The average Bonchev–Trinajstić information content (AvgIpc) is 0.786. The molecule has 656 valence electrons. The smallest absolute Gasteiger partial charge is 0.401 e. The number of carbonyl (C=O) groups excluding carboxylic acids is 4. The minimum Gasteiger partial charge on any atom is -0.473 e. The molecule has 4 aromatic carbocycles. The maximum absolute atomic E-state index is 14.5. The van der Waals surface area contributed by atoms with Crippen LogP contribution in [0.3, 0.4) is 0 Å². The van der Waals surface area contributed by atoms with Crippen LogP contribution in [0.2, 0.25) is 0 Å². The number of primary amides is 2. The van der Waals surface area contributed by atoms with Crippen LogP contribution in [0.15, 0.2) is 97.1 Å². The van der Waals surface area contributed by atoms with Gasteiger partial charge in [-0.05, 0) is 188 Å². The van der Waals surface area contributed by atoms with E-state index in [4.69, 9.17) is 39.9 Å². The van der Waals surface area contributed by atoms with Crippen molar-refractivity contribution in [1.29, 1.82) is 0 Å². The highest BCUT2D eigenvalue weighted by Gasteiger charge is 2.39. The molecule has 0 saturated heterocycles. The van der Waals surface area contributed by atoms with E-state index in [0.29, 0.717) is 96.9 Å². The van der Waals surface area contributed by atoms with Crippen LogP contribution in [-0.2, 0) is 35.2 Å². The first-order valence-corrected chi connectivity index (χ1v) is 36.8. The Hall–Kier alpha value is -11.0. The first-order chi connectivity index (χ1) is 56.2. The van der Waals surface area contributed by atoms with Crippen molar-refractivity contribution in [3.05, 3.63) is 189 Å². The zero-order chi connectivity index (χ0) is 88.2. The van der Waals surface area contributed by atoms with Crippen molar-refractivity contribution >= 4 is 23.8 Å². The summed E-state index contributed by atoms with van der Waals surface area (Å²) in [5.74, 6) is -9.52. The quantitative estimate of drug-likeness (QED) is 0.0473. The summed E-state index contributed by atoms with van der Waals surface area (Å²) in [6.45, 7) is -1.03. The van der Waals surface area contributed by atoms with E-state index in [-0.39, 0.29) is 126 Å². The summed E-state index contributed by atoms with van der Waals surface area (Å²) in [6.07, 6.45) is -17.0. The van der Waals surface area contributed by atoms with E-state index < -0.39 is 146 Å². The van der Waals surface area contributed by atoms with E-state index >= 15 is 0 Å². The summed E-state index contributed by atoms with van der Waals surface area (Å²) in [4.78, 5) is 68.5. The maximum Gasteiger partial charge on any atom is 0.401 e. The highest BCUT2D eigenvalue weighted by Crippen LogP contribution is 2.43. The molecule has 40 heteroatoms. The number of halogens is 20. The molecule has 0 unspecified atom stereocenters. The molecule has 4 aromatic heterocycles. The van der Waals surface area contributed by atoms with E-state index in [1.165, 1.54) is 76.7 Å². The number of alkyl halides is 12. The summed E-state index contributed by atoms with van der Waals surface area (Å²) in [7, 11) is 5.29. The lowest BCUT2D eigenvalue weighted by Gasteiger charge is -2.30. The lowest BCUT2D eigenvalue weighted by atomic mass is 9.93. The van der Waals surface area contributed by atoms with Crippen LogP contribution in [-0.4, -0.2) is 206 Å². The zero-order valence-electron chi connectivity index (χ0n) is 64.6. The van der Waals surface area contributed by atoms with Gasteiger partial charge in [0.25, 0.3) is 11.8 Å². The average molecular weight is 1740 g/mol. The van der Waals surface area contributed by atoms with E-state index in [1.54, 1.807) is 13.8 Å². The molecule has 0 radical (unpaired) electrons. The Balaban J connectivity index is 0.000000200. The lowest BCUT2D eigenvalue weighted by Crippen LogP contribution is -2.40. The first kappa shape index (κ1) is 95.5. The van der Waals surface area contributed by atoms with Crippen LogP contribution in [0.25, 0.3) is 44.5 Å². The number of benzene rings is 4. The molecule has 0 saturated carbocycles. The SMILES string of the molecule is C.CCOC(=O)c1cc(-c2ccc(F)cc2F)c2c(n1)O[C@@H](CN(C)CC(F)(F)F)CC2.CCOC(=O)c1cc(-c2ccc(F)cc2F)c2c(n1)O[C@H](CN(C)CC(F)(F)F)CC2.CN(C[C@@H]1CCc2c(-c3ccc(F)cc3F)cc(C(N)=O)nc2O1)CC(F)(F)F.CN(C[C@H]1CCc2c(-c3ccc(F)cc3F)cc(C(N)=O)nc2O1)CC(F)(F)F. The van der Waals surface area contributed by atoms with Gasteiger partial charge in [-0.25, -0.2) is 64.6 Å². The van der Waals surface area contributed by atoms with Gasteiger partial charge in [-0.3, -0.25) is 29.2 Å². The molecule has 0 bridgehead atoms. The molecule has 0 spiro atoms. The van der Waals surface area contributed by atoms with Crippen LogP contribution in [0.5, 0.6) is 23.5 Å². The molecule has 20 nitrogen and oxygen atoms in total. The maximum atomic E-state index is 14.5. The van der Waals surface area contributed by atoms with Crippen molar-refractivity contribution in [2.24, 2.45) is 11.5 Å². The second-order valence-corrected chi connectivity index (χ2v) is 28.4. The Kier molecular flexibility index (Phi) is 32.0. The Morgan fingerprint density at radius 2 is 0.562 bits per heavy atom. The van der Waals surface area contributed by atoms with Gasteiger partial charge in [0.2, 0.25) is 23.5 Å². The van der Waals surface area contributed by atoms with Gasteiger partial charge in [-0.15, -0.1) is 0 Å². The number of hydrogen-bond acceptors (Lipinski definition) is 18. The summed E-state index contributed by atoms with van der Waals surface area (Å²) >= 11 is 0. The van der Waals surface area contributed by atoms with E-state index in [2.05, 4.69) is 19.9 Å². The minimum absolute atomic E-state index is 0. The van der Waals surface area contributed by atoms with Crippen molar-refractivity contribution < 1.29 is 135 Å². The summed E-state index contributed by atoms with van der Waals surface area (Å²) in [5, 5.41) is 0. The molecule has 4 atom stereocenters. The summed E-state index contributed by atoms with van der Waals surface area (Å²) < 4.78 is 295. The lowest BCUT2D eigenvalue weighted by molar-refractivity contribution is -0.146. The molecule has 0 fully saturated rings. The number of esters is 2. The Labute approximate surface area is 680 Å². The number of rotatable bonds is 22. The zero-order valence-corrected chi connectivity index (χ0v) is 64.6. The van der Waals surface area contributed by atoms with E-state index in [9.17, 15) is 107 Å². The standard InChI is InChI=1S/2C21H21F5N2O3.2C19H18F5N3O2.CH4/c2*1-3-30-20(29)18-9-16(14-6-4-12(22)8-17(14)23)15-7-5-13(31-19(15)27-18)10-28(2)11-21(24,25)26;2*1-27(9-19(22,23)24)8-11-3-5-13-14(12-4-2-10(20)6-15(12)21)7-16(17(25)28)26-18(13)29-11;/h2*4,6,8-9,13H,3,5,7,10-11H2,1-2H3;2*2,4,6-7,11H,3,5,8-9H2,1H3,(H2,25,28);1H4/t2*13-;2*11-;/m1010./s1. The van der Waals surface area contributed by atoms with Crippen molar-refractivity contribution in [1.82, 2.24) is 39.5 Å². The van der Waals surface area contributed by atoms with E-state index in [0.717, 1.165) is 56.0 Å². The Morgan fingerprint density at radius 3 is 0.752 bits per heavy atom. The Bertz CT molecular complexity index is 4710. The largest absolute Gasteiger partial charge is 0.473 e. The molecule has 121 heavy (non-hydrogen) atoms. The number of amides is 2. The molecule has 2 amide bonds. The number of pyridine rings is 4. The van der Waals surface area contributed by atoms with Gasteiger partial charge in [-0.1, -0.05) is 7.43 Å². The van der Waals surface area contributed by atoms with Crippen LogP contribution in [0, 0.1) is 46.5 Å². The van der Waals surface area contributed by atoms with Crippen molar-refractivity contribution in [2.45, 2.75) is 122 Å². The Morgan fingerprint density at radius 1 is 0.355 bits per heavy atom. The third-order valence-corrected chi connectivity index (χ3v) is 18.5. The predicted octanol–water partition coefficient (Wildman–Crippen LogP) is 16.0. The molecule has 4 aliphatic heterocycles. The molecule has 0 aliphatic carbocycles. The fourth-order valence-electron chi connectivity index (χ4n) is 13.7. The number of carbonyl (C=O) groups is 4. The second kappa shape index (κ2) is 40.6. The number of nitrogens with zero attached hydrogens (tertiary/aromatic N) is 8. The van der Waals surface area contributed by atoms with Crippen molar-refractivity contribution in [3.8, 4) is 68.0 Å². The van der Waals surface area contributed by atoms with Gasteiger partial charge in [0, 0.05) is 95.0 Å². The number of hydrogen-bond donors (Lipinski definition) is 2. The molecular formula is C81H82F20N10O10. The number of nitrogens with two attached hydrogens (primary N) is 2. The van der Waals surface area contributed by atoms with E-state index in [1.807, 2.05) is 0 Å². The second-order valence-electron chi connectivity index (χ2n) is 28.4. The molecule has 8 aromatic rings. The number of likely N-dealkylation sites (N-methyl/N-ethyl adjacent to an activating group) is 4. The molecule has 12 rings (SSSR count). The highest BCUT2D eigenvalue weighted by molar-refractivity contribution is 5.94. The minimum atomic E-state index is -4.34. The summed E-state index contributed by atoms with van der Waals surface area (Å²) in [6, 6.07) is 17.5. The fraction of sp³-hybridized carbons (Fsp3) is 0.407. The van der Waals surface area contributed by atoms with Gasteiger partial charge in [0.05, 0.1) is 39.4 Å². The highest BCUT2D eigenvalue weighted by atomic mass is 19.4. The number of ether oxygens (including phenoxy) is 6. The monoisotopic (exact) mass is 1730 g/mol. The van der Waals surface area contributed by atoms with Crippen LogP contribution >= 0.6 is 0 Å². The van der Waals surface area contributed by atoms with Crippen LogP contribution in [0.4, 0.5) is 87.8 Å².